The lowest BCUT2D eigenvalue weighted by Gasteiger charge is -2.19. The van der Waals surface area contributed by atoms with Gasteiger partial charge in [0, 0.05) is 29.4 Å². The Labute approximate surface area is 208 Å². The smallest absolute Gasteiger partial charge is 0.299 e. The topological polar surface area (TPSA) is 76.5 Å². The number of carbonyl (C=O) groups excluding carboxylic acids is 1. The second-order valence-corrected chi connectivity index (χ2v) is 8.12. The van der Waals surface area contributed by atoms with Crippen LogP contribution in [0.4, 0.5) is 11.4 Å². The number of aromatic nitrogens is 2. The van der Waals surface area contributed by atoms with Crippen LogP contribution in [-0.4, -0.2) is 33.7 Å². The van der Waals surface area contributed by atoms with E-state index in [0.717, 1.165) is 0 Å². The number of para-hydroxylation sites is 1. The molecule has 0 aliphatic carbocycles. The fourth-order valence-corrected chi connectivity index (χ4v) is 3.79. The van der Waals surface area contributed by atoms with E-state index in [4.69, 9.17) is 16.3 Å². The number of benzene rings is 3. The Morgan fingerprint density at radius 2 is 1.74 bits per heavy atom. The molecule has 7 nitrogen and oxygen atoms in total. The summed E-state index contributed by atoms with van der Waals surface area (Å²) in [6.07, 6.45) is 1.47. The van der Waals surface area contributed by atoms with Gasteiger partial charge in [-0.1, -0.05) is 41.9 Å². The van der Waals surface area contributed by atoms with Crippen molar-refractivity contribution < 1.29 is 9.53 Å². The van der Waals surface area contributed by atoms with Crippen molar-refractivity contribution in [2.24, 2.45) is 0 Å². The van der Waals surface area contributed by atoms with Crippen LogP contribution in [0.1, 0.15) is 24.2 Å². The van der Waals surface area contributed by atoms with Crippen molar-refractivity contribution >= 4 is 28.9 Å². The first-order valence-corrected chi connectivity index (χ1v) is 11.7. The monoisotopic (exact) mass is 488 g/mol. The molecule has 0 unspecified atom stereocenters. The summed E-state index contributed by atoms with van der Waals surface area (Å²) >= 11 is 6.10. The molecule has 35 heavy (non-hydrogen) atoms. The first-order chi connectivity index (χ1) is 17.0. The Balaban J connectivity index is 1.76. The normalized spacial score (nSPS) is 10.6. The zero-order valence-corrected chi connectivity index (χ0v) is 20.2. The van der Waals surface area contributed by atoms with Crippen LogP contribution >= 0.6 is 11.6 Å². The predicted octanol–water partition coefficient (Wildman–Crippen LogP) is 5.90. The Morgan fingerprint density at radius 3 is 2.46 bits per heavy atom. The molecule has 4 rings (SSSR count). The molecule has 178 valence electrons. The minimum absolute atomic E-state index is 0.0783. The van der Waals surface area contributed by atoms with E-state index in [0.29, 0.717) is 40.8 Å². The molecule has 3 aromatic carbocycles. The van der Waals surface area contributed by atoms with Crippen molar-refractivity contribution in [3.63, 3.8) is 0 Å². The maximum absolute atomic E-state index is 13.5. The Kier molecular flexibility index (Phi) is 7.48. The molecule has 0 saturated heterocycles. The van der Waals surface area contributed by atoms with E-state index in [1.54, 1.807) is 65.6 Å². The Hall–Kier alpha value is -4.10. The summed E-state index contributed by atoms with van der Waals surface area (Å²) in [6.45, 7) is 5.09. The van der Waals surface area contributed by atoms with E-state index < -0.39 is 5.56 Å². The predicted molar refractivity (Wildman–Crippen MR) is 138 cm³/mol. The summed E-state index contributed by atoms with van der Waals surface area (Å²) in [5.74, 6) is 0.611. The molecule has 1 heterocycles. The fourth-order valence-electron chi connectivity index (χ4n) is 3.61. The van der Waals surface area contributed by atoms with Crippen LogP contribution < -0.4 is 15.6 Å². The van der Waals surface area contributed by atoms with Gasteiger partial charge in [0.25, 0.3) is 11.5 Å². The van der Waals surface area contributed by atoms with Crippen molar-refractivity contribution in [3.05, 3.63) is 106 Å². The van der Waals surface area contributed by atoms with Crippen LogP contribution in [0.3, 0.4) is 0 Å². The van der Waals surface area contributed by atoms with Crippen molar-refractivity contribution in [1.29, 1.82) is 0 Å². The number of rotatable bonds is 8. The highest BCUT2D eigenvalue weighted by Crippen LogP contribution is 2.30. The molecule has 8 heteroatoms. The summed E-state index contributed by atoms with van der Waals surface area (Å²) in [7, 11) is 0. The molecule has 0 atom stereocenters. The lowest BCUT2D eigenvalue weighted by molar-refractivity contribution is 0.0773. The highest BCUT2D eigenvalue weighted by Gasteiger charge is 2.17. The number of nitrogens with zero attached hydrogens (tertiary/aromatic N) is 3. The minimum Gasteiger partial charge on any atom is -0.453 e. The number of amides is 1. The van der Waals surface area contributed by atoms with Gasteiger partial charge in [0.2, 0.25) is 0 Å². The van der Waals surface area contributed by atoms with Gasteiger partial charge in [0.05, 0.1) is 11.9 Å². The van der Waals surface area contributed by atoms with E-state index >= 15 is 0 Å². The molecule has 4 aromatic rings. The number of anilines is 2. The molecule has 0 aliphatic heterocycles. The highest BCUT2D eigenvalue weighted by molar-refractivity contribution is 6.30. The van der Waals surface area contributed by atoms with Gasteiger partial charge in [-0.25, -0.2) is 0 Å². The highest BCUT2D eigenvalue weighted by atomic mass is 35.5. The third-order valence-electron chi connectivity index (χ3n) is 5.40. The van der Waals surface area contributed by atoms with E-state index in [1.165, 1.54) is 10.9 Å². The van der Waals surface area contributed by atoms with Gasteiger partial charge in [0.15, 0.2) is 11.4 Å². The zero-order valence-electron chi connectivity index (χ0n) is 19.4. The molecule has 0 radical (unpaired) electrons. The second-order valence-electron chi connectivity index (χ2n) is 7.68. The average molecular weight is 489 g/mol. The second kappa shape index (κ2) is 10.9. The van der Waals surface area contributed by atoms with E-state index in [-0.39, 0.29) is 17.3 Å². The number of halogens is 1. The van der Waals surface area contributed by atoms with E-state index in [1.807, 2.05) is 32.0 Å². The van der Waals surface area contributed by atoms with Crippen LogP contribution in [0.15, 0.2) is 89.9 Å². The molecule has 0 aliphatic rings. The van der Waals surface area contributed by atoms with Gasteiger partial charge in [0.1, 0.15) is 5.75 Å². The third kappa shape index (κ3) is 5.53. The van der Waals surface area contributed by atoms with Gasteiger partial charge in [-0.05, 0) is 62.4 Å². The first kappa shape index (κ1) is 24.0. The first-order valence-electron chi connectivity index (χ1n) is 11.3. The zero-order chi connectivity index (χ0) is 24.8. The molecule has 0 bridgehead atoms. The number of carbonyl (C=O) groups is 1. The number of hydrogen-bond donors (Lipinski definition) is 1. The number of nitrogens with one attached hydrogen (secondary N) is 1. The molecule has 0 saturated carbocycles. The Bertz CT molecular complexity index is 1380. The van der Waals surface area contributed by atoms with Crippen LogP contribution in [0, 0.1) is 0 Å². The maximum Gasteiger partial charge on any atom is 0.299 e. The molecule has 1 amide bonds. The lowest BCUT2D eigenvalue weighted by atomic mass is 10.1. The van der Waals surface area contributed by atoms with Crippen LogP contribution in [0.5, 0.6) is 11.5 Å². The number of hydrogen-bond acceptors (Lipinski definition) is 5. The molecule has 1 N–H and O–H groups in total. The lowest BCUT2D eigenvalue weighted by Crippen LogP contribution is -2.30. The van der Waals surface area contributed by atoms with Gasteiger partial charge in [-0.2, -0.15) is 9.78 Å². The average Bonchev–Trinajstić information content (AvgIpc) is 2.87. The van der Waals surface area contributed by atoms with Gasteiger partial charge < -0.3 is 15.0 Å². The SMILES string of the molecule is CCN(CC)C(=O)c1cccc(Nc2c(Oc3cccc(Cl)c3)cnn(-c3ccccc3)c2=O)c1. The maximum atomic E-state index is 13.5. The summed E-state index contributed by atoms with van der Waals surface area (Å²) in [5, 5.41) is 7.96. The van der Waals surface area contributed by atoms with Crippen molar-refractivity contribution in [2.45, 2.75) is 13.8 Å². The summed E-state index contributed by atoms with van der Waals surface area (Å²) in [6, 6.07) is 23.0. The largest absolute Gasteiger partial charge is 0.453 e. The van der Waals surface area contributed by atoms with Crippen LogP contribution in [-0.2, 0) is 0 Å². The standard InChI is InChI=1S/C27H25ClN4O3/c1-3-31(4-2)26(33)19-10-8-12-21(16-19)30-25-24(35-23-15-9-11-20(28)17-23)18-29-32(27(25)34)22-13-6-5-7-14-22/h5-18,30H,3-4H2,1-2H3. The summed E-state index contributed by atoms with van der Waals surface area (Å²) in [4.78, 5) is 28.1. The van der Waals surface area contributed by atoms with Crippen molar-refractivity contribution in [1.82, 2.24) is 14.7 Å². The third-order valence-corrected chi connectivity index (χ3v) is 5.63. The van der Waals surface area contributed by atoms with E-state index in [9.17, 15) is 9.59 Å². The van der Waals surface area contributed by atoms with Crippen LogP contribution in [0.25, 0.3) is 5.69 Å². The minimum atomic E-state index is -0.406. The number of ether oxygens (including phenoxy) is 1. The summed E-state index contributed by atoms with van der Waals surface area (Å²) < 4.78 is 7.28. The van der Waals surface area contributed by atoms with Crippen molar-refractivity contribution in [2.75, 3.05) is 18.4 Å². The van der Waals surface area contributed by atoms with E-state index in [2.05, 4.69) is 10.4 Å². The van der Waals surface area contributed by atoms with Gasteiger partial charge in [-0.3, -0.25) is 9.59 Å². The quantitative estimate of drug-likeness (QED) is 0.334. The summed E-state index contributed by atoms with van der Waals surface area (Å²) in [5.41, 5.74) is 1.48. The van der Waals surface area contributed by atoms with Crippen molar-refractivity contribution in [3.8, 4) is 17.2 Å². The Morgan fingerprint density at radius 1 is 1.00 bits per heavy atom. The molecule has 0 fully saturated rings. The van der Waals surface area contributed by atoms with Crippen LogP contribution in [0.2, 0.25) is 5.02 Å². The molecular formula is C27H25ClN4O3. The molecular weight excluding hydrogens is 464 g/mol. The fraction of sp³-hybridized carbons (Fsp3) is 0.148. The molecule has 1 aromatic heterocycles. The van der Waals surface area contributed by atoms with Gasteiger partial charge in [-0.15, -0.1) is 0 Å². The molecule has 0 spiro atoms. The van der Waals surface area contributed by atoms with Gasteiger partial charge >= 0.3 is 0 Å².